The number of rotatable bonds is 4. The quantitative estimate of drug-likeness (QED) is 0.747. The Hall–Kier alpha value is -2.60. The number of amides is 1. The molecule has 3 rings (SSSR count). The molecule has 2 aromatic carbocycles. The topological polar surface area (TPSA) is 60.3 Å². The van der Waals surface area contributed by atoms with Gasteiger partial charge >= 0.3 is 0 Å². The SMILES string of the molecule is COc1cccc(NC(=O)Cn2ccc(=O)c3ccc(Br)cc32)c1. The molecule has 0 fully saturated rings. The van der Waals surface area contributed by atoms with Crippen LogP contribution >= 0.6 is 15.9 Å². The van der Waals surface area contributed by atoms with Crippen LogP contribution in [0.4, 0.5) is 5.69 Å². The van der Waals surface area contributed by atoms with Gasteiger partial charge in [0.15, 0.2) is 5.43 Å². The number of halogens is 1. The zero-order chi connectivity index (χ0) is 17.1. The van der Waals surface area contributed by atoms with Crippen molar-refractivity contribution in [3.63, 3.8) is 0 Å². The van der Waals surface area contributed by atoms with Crippen molar-refractivity contribution < 1.29 is 9.53 Å². The highest BCUT2D eigenvalue weighted by molar-refractivity contribution is 9.10. The smallest absolute Gasteiger partial charge is 0.244 e. The van der Waals surface area contributed by atoms with Gasteiger partial charge in [-0.1, -0.05) is 22.0 Å². The molecule has 0 aliphatic heterocycles. The monoisotopic (exact) mass is 386 g/mol. The Labute approximate surface area is 147 Å². The van der Waals surface area contributed by atoms with Gasteiger partial charge in [0, 0.05) is 33.9 Å². The molecular formula is C18H15BrN2O3. The van der Waals surface area contributed by atoms with E-state index < -0.39 is 0 Å². The van der Waals surface area contributed by atoms with Gasteiger partial charge in [0.25, 0.3) is 0 Å². The Balaban J connectivity index is 1.86. The highest BCUT2D eigenvalue weighted by atomic mass is 79.9. The normalized spacial score (nSPS) is 10.6. The second-order valence-electron chi connectivity index (χ2n) is 5.25. The summed E-state index contributed by atoms with van der Waals surface area (Å²) in [5.74, 6) is 0.485. The molecule has 0 aliphatic carbocycles. The number of nitrogens with one attached hydrogen (secondary N) is 1. The van der Waals surface area contributed by atoms with Crippen molar-refractivity contribution >= 4 is 38.4 Å². The standard InChI is InChI=1S/C18H15BrN2O3/c1-24-14-4-2-3-13(10-14)20-18(23)11-21-8-7-17(22)15-6-5-12(19)9-16(15)21/h2-10H,11H2,1H3,(H,20,23). The summed E-state index contributed by atoms with van der Waals surface area (Å²) in [6.07, 6.45) is 1.63. The van der Waals surface area contributed by atoms with Crippen molar-refractivity contribution in [1.29, 1.82) is 0 Å². The second kappa shape index (κ2) is 6.88. The molecule has 6 heteroatoms. The lowest BCUT2D eigenvalue weighted by Gasteiger charge is -2.12. The van der Waals surface area contributed by atoms with E-state index in [9.17, 15) is 9.59 Å². The Kier molecular flexibility index (Phi) is 4.66. The number of nitrogens with zero attached hydrogens (tertiary/aromatic N) is 1. The second-order valence-corrected chi connectivity index (χ2v) is 6.17. The maximum atomic E-state index is 12.3. The molecule has 0 radical (unpaired) electrons. The third-order valence-corrected chi connectivity index (χ3v) is 4.10. The molecule has 0 saturated carbocycles. The fourth-order valence-corrected chi connectivity index (χ4v) is 2.82. The number of aromatic nitrogens is 1. The number of benzene rings is 2. The maximum Gasteiger partial charge on any atom is 0.244 e. The molecule has 122 valence electrons. The van der Waals surface area contributed by atoms with E-state index in [1.54, 1.807) is 42.1 Å². The molecule has 24 heavy (non-hydrogen) atoms. The average molecular weight is 387 g/mol. The van der Waals surface area contributed by atoms with E-state index in [0.717, 1.165) is 4.47 Å². The molecule has 0 unspecified atom stereocenters. The van der Waals surface area contributed by atoms with Crippen molar-refractivity contribution in [2.24, 2.45) is 0 Å². The summed E-state index contributed by atoms with van der Waals surface area (Å²) in [4.78, 5) is 24.3. The van der Waals surface area contributed by atoms with Gasteiger partial charge in [-0.15, -0.1) is 0 Å². The third-order valence-electron chi connectivity index (χ3n) is 3.61. The summed E-state index contributed by atoms with van der Waals surface area (Å²) in [7, 11) is 1.57. The first-order chi connectivity index (χ1) is 11.6. The summed E-state index contributed by atoms with van der Waals surface area (Å²) in [6.45, 7) is 0.102. The van der Waals surface area contributed by atoms with Gasteiger partial charge in [0.2, 0.25) is 5.91 Å². The summed E-state index contributed by atoms with van der Waals surface area (Å²) in [6, 6.07) is 14.0. The summed E-state index contributed by atoms with van der Waals surface area (Å²) < 4.78 is 7.74. The van der Waals surface area contributed by atoms with Crippen molar-refractivity contribution in [2.45, 2.75) is 6.54 Å². The zero-order valence-corrected chi connectivity index (χ0v) is 14.5. The first kappa shape index (κ1) is 16.3. The summed E-state index contributed by atoms with van der Waals surface area (Å²) in [5.41, 5.74) is 1.30. The number of hydrogen-bond donors (Lipinski definition) is 1. The first-order valence-electron chi connectivity index (χ1n) is 7.29. The Morgan fingerprint density at radius 2 is 2.04 bits per heavy atom. The number of carbonyl (C=O) groups excluding carboxylic acids is 1. The minimum absolute atomic E-state index is 0.0676. The van der Waals surface area contributed by atoms with Crippen LogP contribution in [0, 0.1) is 0 Å². The van der Waals surface area contributed by atoms with Gasteiger partial charge in [-0.05, 0) is 30.3 Å². The minimum Gasteiger partial charge on any atom is -0.497 e. The first-order valence-corrected chi connectivity index (χ1v) is 8.09. The third kappa shape index (κ3) is 3.49. The molecule has 0 aliphatic rings. The zero-order valence-electron chi connectivity index (χ0n) is 13.0. The van der Waals surface area contributed by atoms with Gasteiger partial charge < -0.3 is 14.6 Å². The maximum absolute atomic E-state index is 12.3. The Bertz CT molecular complexity index is 966. The number of ether oxygens (including phenoxy) is 1. The number of fused-ring (bicyclic) bond motifs is 1. The van der Waals surface area contributed by atoms with E-state index in [4.69, 9.17) is 4.74 Å². The van der Waals surface area contributed by atoms with Crippen molar-refractivity contribution in [3.05, 3.63) is 69.4 Å². The van der Waals surface area contributed by atoms with Gasteiger partial charge in [0.05, 0.1) is 12.6 Å². The fraction of sp³-hybridized carbons (Fsp3) is 0.111. The highest BCUT2D eigenvalue weighted by Gasteiger charge is 2.08. The predicted molar refractivity (Wildman–Crippen MR) is 97.5 cm³/mol. The molecule has 1 N–H and O–H groups in total. The molecular weight excluding hydrogens is 372 g/mol. The van der Waals surface area contributed by atoms with E-state index in [-0.39, 0.29) is 17.9 Å². The van der Waals surface area contributed by atoms with E-state index in [0.29, 0.717) is 22.3 Å². The van der Waals surface area contributed by atoms with Gasteiger partial charge in [0.1, 0.15) is 12.3 Å². The molecule has 3 aromatic rings. The molecule has 0 bridgehead atoms. The molecule has 1 heterocycles. The van der Waals surface area contributed by atoms with Crippen LogP contribution in [-0.2, 0) is 11.3 Å². The Morgan fingerprint density at radius 3 is 2.83 bits per heavy atom. The average Bonchev–Trinajstić information content (AvgIpc) is 2.57. The van der Waals surface area contributed by atoms with Gasteiger partial charge in [-0.25, -0.2) is 0 Å². The fourth-order valence-electron chi connectivity index (χ4n) is 2.47. The summed E-state index contributed by atoms with van der Waals surface area (Å²) in [5, 5.41) is 3.41. The predicted octanol–water partition coefficient (Wildman–Crippen LogP) is 3.41. The van der Waals surface area contributed by atoms with Crippen LogP contribution in [0.1, 0.15) is 0 Å². The van der Waals surface area contributed by atoms with E-state index >= 15 is 0 Å². The largest absolute Gasteiger partial charge is 0.497 e. The van der Waals surface area contributed by atoms with Crippen LogP contribution in [0.25, 0.3) is 10.9 Å². The number of pyridine rings is 1. The lowest BCUT2D eigenvalue weighted by atomic mass is 10.2. The van der Waals surface area contributed by atoms with Crippen molar-refractivity contribution in [3.8, 4) is 5.75 Å². The van der Waals surface area contributed by atoms with Crippen LogP contribution < -0.4 is 15.5 Å². The van der Waals surface area contributed by atoms with E-state index in [2.05, 4.69) is 21.2 Å². The van der Waals surface area contributed by atoms with Crippen LogP contribution in [0.2, 0.25) is 0 Å². The van der Waals surface area contributed by atoms with Gasteiger partial charge in [-0.2, -0.15) is 0 Å². The molecule has 5 nitrogen and oxygen atoms in total. The number of hydrogen-bond acceptors (Lipinski definition) is 3. The highest BCUT2D eigenvalue weighted by Crippen LogP contribution is 2.19. The van der Waals surface area contributed by atoms with Crippen molar-refractivity contribution in [1.82, 2.24) is 4.57 Å². The number of anilines is 1. The summed E-state index contributed by atoms with van der Waals surface area (Å²) >= 11 is 3.40. The van der Waals surface area contributed by atoms with Crippen LogP contribution in [0.15, 0.2) is 64.0 Å². The van der Waals surface area contributed by atoms with Crippen LogP contribution in [-0.4, -0.2) is 17.6 Å². The minimum atomic E-state index is -0.187. The molecule has 1 amide bonds. The number of methoxy groups -OCH3 is 1. The number of carbonyl (C=O) groups is 1. The molecule has 0 spiro atoms. The van der Waals surface area contributed by atoms with E-state index in [1.807, 2.05) is 18.2 Å². The lowest BCUT2D eigenvalue weighted by molar-refractivity contribution is -0.116. The Morgan fingerprint density at radius 1 is 1.21 bits per heavy atom. The van der Waals surface area contributed by atoms with E-state index in [1.165, 1.54) is 6.07 Å². The lowest BCUT2D eigenvalue weighted by Crippen LogP contribution is -2.20. The van der Waals surface area contributed by atoms with Gasteiger partial charge in [-0.3, -0.25) is 9.59 Å². The molecule has 1 aromatic heterocycles. The van der Waals surface area contributed by atoms with Crippen molar-refractivity contribution in [2.75, 3.05) is 12.4 Å². The molecule has 0 atom stereocenters. The van der Waals surface area contributed by atoms with Crippen LogP contribution in [0.3, 0.4) is 0 Å². The van der Waals surface area contributed by atoms with Crippen LogP contribution in [0.5, 0.6) is 5.75 Å². The molecule has 0 saturated heterocycles.